The van der Waals surface area contributed by atoms with Crippen LogP contribution in [0.5, 0.6) is 0 Å². The van der Waals surface area contributed by atoms with Crippen molar-refractivity contribution in [2.75, 3.05) is 6.54 Å². The number of aromatic nitrogens is 2. The summed E-state index contributed by atoms with van der Waals surface area (Å²) in [5.74, 6) is -1.54. The van der Waals surface area contributed by atoms with Crippen LogP contribution in [-0.2, 0) is 16.0 Å². The second-order valence-electron chi connectivity index (χ2n) is 7.86. The molecule has 1 atom stereocenters. The monoisotopic (exact) mass is 501 g/mol. The van der Waals surface area contributed by atoms with E-state index in [1.165, 1.54) is 4.90 Å². The smallest absolute Gasteiger partial charge is 0.295 e. The SMILES string of the molecule is O=C1C(=O)N(CCc2c[nH]c3ccccc23)[C@@H](c2ccccn2)C1=C(O)c1ccc(Br)cc1. The highest BCUT2D eigenvalue weighted by Gasteiger charge is 2.46. The van der Waals surface area contributed by atoms with Gasteiger partial charge < -0.3 is 15.0 Å². The lowest BCUT2D eigenvalue weighted by molar-refractivity contribution is -0.139. The summed E-state index contributed by atoms with van der Waals surface area (Å²) in [6.45, 7) is 0.310. The third-order valence-corrected chi connectivity index (χ3v) is 6.45. The third kappa shape index (κ3) is 3.85. The first-order valence-corrected chi connectivity index (χ1v) is 11.3. The molecule has 0 bridgehead atoms. The summed E-state index contributed by atoms with van der Waals surface area (Å²) in [6.07, 6.45) is 4.10. The highest BCUT2D eigenvalue weighted by Crippen LogP contribution is 2.39. The number of halogens is 1. The van der Waals surface area contributed by atoms with Crippen molar-refractivity contribution in [2.24, 2.45) is 0 Å². The Hall–Kier alpha value is -3.71. The number of rotatable bonds is 5. The van der Waals surface area contributed by atoms with Gasteiger partial charge in [0.25, 0.3) is 11.7 Å². The number of pyridine rings is 1. The van der Waals surface area contributed by atoms with Crippen molar-refractivity contribution in [3.8, 4) is 0 Å². The molecule has 164 valence electrons. The average Bonchev–Trinajstić information content (AvgIpc) is 3.37. The number of carbonyl (C=O) groups excluding carboxylic acids is 2. The molecule has 0 unspecified atom stereocenters. The average molecular weight is 502 g/mol. The van der Waals surface area contributed by atoms with Gasteiger partial charge in [0.15, 0.2) is 0 Å². The maximum Gasteiger partial charge on any atom is 0.295 e. The second-order valence-corrected chi connectivity index (χ2v) is 8.78. The van der Waals surface area contributed by atoms with Gasteiger partial charge >= 0.3 is 0 Å². The number of benzene rings is 2. The number of Topliss-reactive ketones (excluding diaryl/α,β-unsaturated/α-hetero) is 1. The number of aromatic amines is 1. The Morgan fingerprint density at radius 2 is 1.79 bits per heavy atom. The minimum absolute atomic E-state index is 0.0555. The molecule has 0 spiro atoms. The van der Waals surface area contributed by atoms with E-state index in [0.29, 0.717) is 24.2 Å². The number of para-hydroxylation sites is 1. The molecule has 1 fully saturated rings. The number of aliphatic hydroxyl groups is 1. The molecule has 2 aromatic heterocycles. The molecule has 2 aromatic carbocycles. The van der Waals surface area contributed by atoms with Crippen molar-refractivity contribution in [1.29, 1.82) is 0 Å². The first kappa shape index (κ1) is 21.2. The Labute approximate surface area is 198 Å². The number of amides is 1. The Balaban J connectivity index is 1.55. The van der Waals surface area contributed by atoms with E-state index in [0.717, 1.165) is 20.9 Å². The van der Waals surface area contributed by atoms with Gasteiger partial charge in [-0.2, -0.15) is 0 Å². The number of hydrogen-bond acceptors (Lipinski definition) is 4. The van der Waals surface area contributed by atoms with Crippen LogP contribution in [-0.4, -0.2) is 38.2 Å². The van der Waals surface area contributed by atoms with Gasteiger partial charge in [-0.15, -0.1) is 0 Å². The molecule has 3 heterocycles. The minimum atomic E-state index is -0.764. The summed E-state index contributed by atoms with van der Waals surface area (Å²) < 4.78 is 0.847. The zero-order valence-electron chi connectivity index (χ0n) is 17.5. The van der Waals surface area contributed by atoms with E-state index < -0.39 is 17.7 Å². The van der Waals surface area contributed by atoms with E-state index in [4.69, 9.17) is 0 Å². The molecule has 6 nitrogen and oxygen atoms in total. The van der Waals surface area contributed by atoms with E-state index in [9.17, 15) is 14.7 Å². The largest absolute Gasteiger partial charge is 0.507 e. The molecular formula is C26H20BrN3O3. The van der Waals surface area contributed by atoms with Crippen LogP contribution in [0.4, 0.5) is 0 Å². The van der Waals surface area contributed by atoms with Crippen molar-refractivity contribution < 1.29 is 14.7 Å². The first-order chi connectivity index (χ1) is 16.0. The second kappa shape index (κ2) is 8.67. The van der Waals surface area contributed by atoms with Crippen LogP contribution in [0.2, 0.25) is 0 Å². The fourth-order valence-corrected chi connectivity index (χ4v) is 4.56. The number of aliphatic hydroxyl groups excluding tert-OH is 1. The van der Waals surface area contributed by atoms with Gasteiger partial charge in [0, 0.05) is 39.9 Å². The van der Waals surface area contributed by atoms with Crippen LogP contribution in [0.3, 0.4) is 0 Å². The van der Waals surface area contributed by atoms with Crippen LogP contribution in [0.1, 0.15) is 22.9 Å². The molecule has 5 rings (SSSR count). The summed E-state index contributed by atoms with van der Waals surface area (Å²) in [4.78, 5) is 35.4. The highest BCUT2D eigenvalue weighted by atomic mass is 79.9. The van der Waals surface area contributed by atoms with Gasteiger partial charge in [-0.1, -0.05) is 52.3 Å². The summed E-state index contributed by atoms with van der Waals surface area (Å²) in [6, 6.07) is 19.5. The number of hydrogen-bond donors (Lipinski definition) is 2. The lowest BCUT2D eigenvalue weighted by atomic mass is 9.98. The number of carbonyl (C=O) groups is 2. The third-order valence-electron chi connectivity index (χ3n) is 5.92. The molecule has 1 aliphatic rings. The molecular weight excluding hydrogens is 482 g/mol. The van der Waals surface area contributed by atoms with Crippen molar-refractivity contribution in [1.82, 2.24) is 14.9 Å². The van der Waals surface area contributed by atoms with Crippen molar-refractivity contribution in [3.05, 3.63) is 106 Å². The maximum atomic E-state index is 13.1. The lowest BCUT2D eigenvalue weighted by Crippen LogP contribution is -2.32. The lowest BCUT2D eigenvalue weighted by Gasteiger charge is -2.24. The number of ketones is 1. The summed E-state index contributed by atoms with van der Waals surface area (Å²) in [5, 5.41) is 12.2. The molecule has 33 heavy (non-hydrogen) atoms. The molecule has 1 saturated heterocycles. The van der Waals surface area contributed by atoms with Gasteiger partial charge in [-0.05, 0) is 42.3 Å². The zero-order chi connectivity index (χ0) is 22.9. The van der Waals surface area contributed by atoms with Crippen molar-refractivity contribution in [2.45, 2.75) is 12.5 Å². The molecule has 0 saturated carbocycles. The maximum absolute atomic E-state index is 13.1. The number of nitrogens with one attached hydrogen (secondary N) is 1. The highest BCUT2D eigenvalue weighted by molar-refractivity contribution is 9.10. The number of fused-ring (bicyclic) bond motifs is 1. The van der Waals surface area contributed by atoms with Crippen molar-refractivity contribution in [3.63, 3.8) is 0 Å². The van der Waals surface area contributed by atoms with Crippen molar-refractivity contribution >= 4 is 44.3 Å². The zero-order valence-corrected chi connectivity index (χ0v) is 19.1. The normalized spacial score (nSPS) is 17.7. The van der Waals surface area contributed by atoms with Gasteiger partial charge in [-0.3, -0.25) is 14.6 Å². The van der Waals surface area contributed by atoms with Crippen LogP contribution >= 0.6 is 15.9 Å². The van der Waals surface area contributed by atoms with Crippen LogP contribution < -0.4 is 0 Å². The first-order valence-electron chi connectivity index (χ1n) is 10.5. The number of likely N-dealkylation sites (tertiary alicyclic amines) is 1. The van der Waals surface area contributed by atoms with Crippen LogP contribution in [0, 0.1) is 0 Å². The van der Waals surface area contributed by atoms with Gasteiger partial charge in [0.05, 0.1) is 11.3 Å². The molecule has 0 radical (unpaired) electrons. The molecule has 4 aromatic rings. The topological polar surface area (TPSA) is 86.3 Å². The summed E-state index contributed by atoms with van der Waals surface area (Å²) in [7, 11) is 0. The Morgan fingerprint density at radius 3 is 2.55 bits per heavy atom. The minimum Gasteiger partial charge on any atom is -0.507 e. The van der Waals surface area contributed by atoms with E-state index in [-0.39, 0.29) is 11.3 Å². The van der Waals surface area contributed by atoms with E-state index in [2.05, 4.69) is 25.9 Å². The quantitative estimate of drug-likeness (QED) is 0.229. The number of nitrogens with zero attached hydrogens (tertiary/aromatic N) is 2. The summed E-state index contributed by atoms with van der Waals surface area (Å²) in [5.41, 5.74) is 3.13. The standard InChI is InChI=1S/C26H20BrN3O3/c27-18-10-8-16(9-11-18)24(31)22-23(21-7-3-4-13-28-21)30(26(33)25(22)32)14-12-17-15-29-20-6-2-1-5-19(17)20/h1-11,13,15,23,29,31H,12,14H2/t23-/m0/s1. The molecule has 0 aliphatic carbocycles. The molecule has 2 N–H and O–H groups in total. The fourth-order valence-electron chi connectivity index (χ4n) is 4.30. The van der Waals surface area contributed by atoms with E-state index in [1.54, 1.807) is 42.6 Å². The molecule has 1 amide bonds. The van der Waals surface area contributed by atoms with Gasteiger partial charge in [0.2, 0.25) is 0 Å². The van der Waals surface area contributed by atoms with Crippen LogP contribution in [0.15, 0.2) is 89.2 Å². The number of H-pyrrole nitrogens is 1. The fraction of sp³-hybridized carbons (Fsp3) is 0.115. The summed E-state index contributed by atoms with van der Waals surface area (Å²) >= 11 is 3.37. The predicted molar refractivity (Wildman–Crippen MR) is 129 cm³/mol. The van der Waals surface area contributed by atoms with E-state index >= 15 is 0 Å². The Bertz CT molecular complexity index is 1380. The van der Waals surface area contributed by atoms with Gasteiger partial charge in [0.1, 0.15) is 11.8 Å². The Kier molecular flexibility index (Phi) is 5.56. The molecule has 7 heteroatoms. The molecule has 1 aliphatic heterocycles. The van der Waals surface area contributed by atoms with Gasteiger partial charge in [-0.25, -0.2) is 0 Å². The predicted octanol–water partition coefficient (Wildman–Crippen LogP) is 4.99. The van der Waals surface area contributed by atoms with Crippen LogP contribution in [0.25, 0.3) is 16.7 Å². The van der Waals surface area contributed by atoms with E-state index in [1.807, 2.05) is 36.5 Å². The Morgan fingerprint density at radius 1 is 1.03 bits per heavy atom.